The Morgan fingerprint density at radius 1 is 0.824 bits per heavy atom. The number of hydrogen-bond acceptors (Lipinski definition) is 15. The number of pyridine rings is 1. The van der Waals surface area contributed by atoms with Crippen molar-refractivity contribution in [3.05, 3.63) is 114 Å². The van der Waals surface area contributed by atoms with Gasteiger partial charge in [-0.05, 0) is 65.9 Å². The predicted octanol–water partition coefficient (Wildman–Crippen LogP) is 0.789. The third-order valence-electron chi connectivity index (χ3n) is 11.1. The number of rotatable bonds is 19. The quantitative estimate of drug-likeness (QED) is 0.0311. The SMILES string of the molecule is CC(C)C1NC(=O)[C@@H](Cc2ccc(OCCCNC(=O)c3ccc(N=NCc4ccccc4S(=O)(=O)O)nc3)cc2)NC(=O)[C@H](CC(=O)O)NC(=O)CNC(=O)[C@H](CNC(=O)Cc2nc3ccccc3[nH]2)NC1=O. The molecule has 1 saturated heterocycles. The van der Waals surface area contributed by atoms with Crippen molar-refractivity contribution in [2.75, 3.05) is 26.2 Å². The Morgan fingerprint density at radius 2 is 1.54 bits per heavy atom. The van der Waals surface area contributed by atoms with Gasteiger partial charge in [-0.15, -0.1) is 5.11 Å². The Kier molecular flexibility index (Phi) is 18.9. The summed E-state index contributed by atoms with van der Waals surface area (Å²) in [6.07, 6.45) is 0.443. The van der Waals surface area contributed by atoms with Crippen LogP contribution in [0.3, 0.4) is 0 Å². The van der Waals surface area contributed by atoms with Crippen LogP contribution in [-0.4, -0.2) is 131 Å². The number of imidazole rings is 1. The number of carboxylic acid groups (broad SMARTS) is 1. The van der Waals surface area contributed by atoms with Gasteiger partial charge >= 0.3 is 5.97 Å². The Hall–Kier alpha value is -8.65. The molecule has 1 fully saturated rings. The summed E-state index contributed by atoms with van der Waals surface area (Å²) in [4.78, 5) is 117. The van der Waals surface area contributed by atoms with Gasteiger partial charge in [-0.1, -0.05) is 56.3 Å². The number of nitrogens with zero attached hydrogens (tertiary/aromatic N) is 4. The normalized spacial score (nSPS) is 18.0. The summed E-state index contributed by atoms with van der Waals surface area (Å²) in [7, 11) is -4.44. The molecule has 25 nitrogen and oxygen atoms in total. The van der Waals surface area contributed by atoms with Gasteiger partial charge in [0.1, 0.15) is 35.7 Å². The van der Waals surface area contributed by atoms with Crippen LogP contribution in [0.5, 0.6) is 5.75 Å². The number of aromatic amines is 1. The number of aliphatic carboxylic acids is 1. The third kappa shape index (κ3) is 16.2. The Morgan fingerprint density at radius 3 is 2.24 bits per heavy atom. The van der Waals surface area contributed by atoms with Crippen molar-refractivity contribution in [3.8, 4) is 5.75 Å². The van der Waals surface area contributed by atoms with Gasteiger partial charge in [0.05, 0.1) is 54.0 Å². The minimum atomic E-state index is -4.44. The fraction of sp³-hybridized carbons (Fsp3) is 0.333. The van der Waals surface area contributed by atoms with Crippen LogP contribution in [0.15, 0.2) is 106 Å². The first-order valence-electron chi connectivity index (χ1n) is 23.1. The van der Waals surface area contributed by atoms with Crippen LogP contribution in [0.4, 0.5) is 5.82 Å². The second kappa shape index (κ2) is 25.6. The van der Waals surface area contributed by atoms with E-state index in [4.69, 9.17) is 4.74 Å². The van der Waals surface area contributed by atoms with E-state index in [1.165, 1.54) is 36.5 Å². The number of benzene rings is 3. The first-order valence-corrected chi connectivity index (χ1v) is 24.6. The molecule has 4 atom stereocenters. The van der Waals surface area contributed by atoms with Gasteiger partial charge in [-0.3, -0.25) is 42.9 Å². The molecular weight excluding hydrogens is 985 g/mol. The number of aromatic nitrogens is 3. The van der Waals surface area contributed by atoms with Gasteiger partial charge in [-0.2, -0.15) is 13.5 Å². The number of H-pyrrole nitrogens is 1. The number of carbonyl (C=O) groups excluding carboxylic acids is 7. The molecule has 1 aliphatic rings. The molecule has 390 valence electrons. The Balaban J connectivity index is 1.04. The van der Waals surface area contributed by atoms with Gasteiger partial charge in [-0.25, -0.2) is 9.97 Å². The number of para-hydroxylation sites is 2. The fourth-order valence-corrected chi connectivity index (χ4v) is 8.07. The molecule has 7 amide bonds. The molecule has 6 rings (SSSR count). The molecule has 1 unspecified atom stereocenters. The van der Waals surface area contributed by atoms with Gasteiger partial charge in [0.2, 0.25) is 35.4 Å². The molecule has 0 bridgehead atoms. The summed E-state index contributed by atoms with van der Waals surface area (Å²) in [5.74, 6) is -6.61. The van der Waals surface area contributed by atoms with Crippen LogP contribution in [0, 0.1) is 5.92 Å². The molecule has 5 aromatic rings. The zero-order chi connectivity index (χ0) is 53.4. The van der Waals surface area contributed by atoms with Crippen LogP contribution in [0.1, 0.15) is 54.0 Å². The minimum absolute atomic E-state index is 0.140. The first kappa shape index (κ1) is 54.7. The highest BCUT2D eigenvalue weighted by atomic mass is 32.2. The summed E-state index contributed by atoms with van der Waals surface area (Å²) in [5.41, 5.74) is 2.33. The molecular formula is C48H54N12O13S. The minimum Gasteiger partial charge on any atom is -0.494 e. The molecule has 0 spiro atoms. The van der Waals surface area contributed by atoms with E-state index in [2.05, 4.69) is 62.4 Å². The van der Waals surface area contributed by atoms with E-state index in [9.17, 15) is 56.4 Å². The number of azo groups is 1. The van der Waals surface area contributed by atoms with E-state index in [0.717, 1.165) is 0 Å². The lowest BCUT2D eigenvalue weighted by Crippen LogP contribution is -2.60. The summed E-state index contributed by atoms with van der Waals surface area (Å²) in [5, 5.41) is 35.2. The largest absolute Gasteiger partial charge is 0.494 e. The fourth-order valence-electron chi connectivity index (χ4n) is 7.35. The van der Waals surface area contributed by atoms with Gasteiger partial charge in [0.15, 0.2) is 5.82 Å². The van der Waals surface area contributed by atoms with E-state index < -0.39 is 107 Å². The van der Waals surface area contributed by atoms with E-state index in [-0.39, 0.29) is 54.4 Å². The molecule has 1 aliphatic heterocycles. The molecule has 2 aromatic heterocycles. The number of nitrogens with one attached hydrogen (secondary N) is 8. The van der Waals surface area contributed by atoms with Crippen molar-refractivity contribution in [3.63, 3.8) is 0 Å². The van der Waals surface area contributed by atoms with Crippen molar-refractivity contribution >= 4 is 74.3 Å². The maximum atomic E-state index is 14.1. The lowest BCUT2D eigenvalue weighted by atomic mass is 10.00. The van der Waals surface area contributed by atoms with Gasteiger partial charge in [0, 0.05) is 25.7 Å². The standard InChI is InChI=1S/C48H54N12O13S/c1-27(2)43-48(69)58-36(25-51-40(61)22-39-54-32-9-4-5-10-33(32)55-39)45(66)52-26-41(62)56-35(21-42(63)64)46(67)57-34(47(68)59-43)20-28-12-15-31(16-13-28)73-19-7-18-49-44(65)30-14-17-38(50-23-30)60-53-24-29-8-3-6-11-37(29)74(70,71)72/h3-6,8-17,23,27,34-36,43H,7,18-22,24-26H2,1-2H3,(H,49,65)(H,51,61)(H,52,66)(H,54,55)(H,56,62)(H,57,67)(H,58,69)(H,59,68)(H,63,64)(H,70,71,72)/t34-,35+,36+,43?/m1/s1. The first-order chi connectivity index (χ1) is 35.3. The van der Waals surface area contributed by atoms with Crippen molar-refractivity contribution in [1.82, 2.24) is 52.2 Å². The second-order valence-corrected chi connectivity index (χ2v) is 18.6. The number of ether oxygens (including phenoxy) is 1. The number of fused-ring (bicyclic) bond motifs is 1. The van der Waals surface area contributed by atoms with Gasteiger partial charge < -0.3 is 52.0 Å². The van der Waals surface area contributed by atoms with Crippen LogP contribution in [0.25, 0.3) is 11.0 Å². The predicted molar refractivity (Wildman–Crippen MR) is 262 cm³/mol. The van der Waals surface area contributed by atoms with Crippen LogP contribution >= 0.6 is 0 Å². The zero-order valence-corrected chi connectivity index (χ0v) is 40.8. The molecule has 0 saturated carbocycles. The lowest BCUT2D eigenvalue weighted by Gasteiger charge is -2.27. The monoisotopic (exact) mass is 1040 g/mol. The number of carbonyl (C=O) groups is 8. The number of hydrogen-bond donors (Lipinski definition) is 10. The Labute approximate surface area is 423 Å². The molecule has 3 heterocycles. The topological polar surface area (TPSA) is 371 Å². The number of carboxylic acids is 1. The molecule has 26 heteroatoms. The highest BCUT2D eigenvalue weighted by molar-refractivity contribution is 7.85. The maximum Gasteiger partial charge on any atom is 0.305 e. The van der Waals surface area contributed by atoms with Crippen LogP contribution < -0.4 is 42.0 Å². The van der Waals surface area contributed by atoms with Gasteiger partial charge in [0.25, 0.3) is 16.0 Å². The molecule has 0 radical (unpaired) electrons. The van der Waals surface area contributed by atoms with E-state index in [0.29, 0.717) is 34.6 Å². The average Bonchev–Trinajstić information content (AvgIpc) is 3.77. The van der Waals surface area contributed by atoms with Crippen molar-refractivity contribution in [2.24, 2.45) is 16.1 Å². The molecule has 74 heavy (non-hydrogen) atoms. The number of amides is 7. The molecule has 3 aromatic carbocycles. The van der Waals surface area contributed by atoms with Crippen molar-refractivity contribution in [1.29, 1.82) is 0 Å². The van der Waals surface area contributed by atoms with Crippen LogP contribution in [0.2, 0.25) is 0 Å². The second-order valence-electron chi connectivity index (χ2n) is 17.2. The van der Waals surface area contributed by atoms with E-state index in [1.54, 1.807) is 68.4 Å². The highest BCUT2D eigenvalue weighted by Gasteiger charge is 2.34. The maximum absolute atomic E-state index is 14.1. The van der Waals surface area contributed by atoms with E-state index in [1.807, 2.05) is 0 Å². The van der Waals surface area contributed by atoms with Crippen molar-refractivity contribution in [2.45, 2.75) is 75.1 Å². The molecule has 0 aliphatic carbocycles. The Bertz CT molecular complexity index is 2970. The van der Waals surface area contributed by atoms with Crippen molar-refractivity contribution < 1.29 is 61.2 Å². The summed E-state index contributed by atoms with van der Waals surface area (Å²) >= 11 is 0. The summed E-state index contributed by atoms with van der Waals surface area (Å²) in [6.45, 7) is 2.36. The zero-order valence-electron chi connectivity index (χ0n) is 40.0. The van der Waals surface area contributed by atoms with E-state index >= 15 is 0 Å². The third-order valence-corrected chi connectivity index (χ3v) is 12.1. The molecule has 10 N–H and O–H groups in total. The average molecular weight is 1040 g/mol. The smallest absolute Gasteiger partial charge is 0.305 e. The summed E-state index contributed by atoms with van der Waals surface area (Å²) in [6, 6.07) is 16.5. The van der Waals surface area contributed by atoms with Crippen LogP contribution in [-0.2, 0) is 63.1 Å². The lowest BCUT2D eigenvalue weighted by molar-refractivity contribution is -0.141. The summed E-state index contributed by atoms with van der Waals surface area (Å²) < 4.78 is 38.5. The highest BCUT2D eigenvalue weighted by Crippen LogP contribution is 2.19.